The van der Waals surface area contributed by atoms with Gasteiger partial charge in [-0.05, 0) is 18.9 Å². The Kier molecular flexibility index (Phi) is 3.15. The van der Waals surface area contributed by atoms with E-state index < -0.39 is 0 Å². The lowest BCUT2D eigenvalue weighted by atomic mass is 10.1. The first-order valence-electron chi connectivity index (χ1n) is 7.99. The number of fused-ring (bicyclic) bond motifs is 1. The number of hydrogen-bond acceptors (Lipinski definition) is 6. The van der Waals surface area contributed by atoms with Crippen LogP contribution < -0.4 is 16.4 Å². The highest BCUT2D eigenvalue weighted by Gasteiger charge is 2.53. The summed E-state index contributed by atoms with van der Waals surface area (Å²) < 4.78 is 0. The number of piperazine rings is 1. The van der Waals surface area contributed by atoms with Gasteiger partial charge in [-0.25, -0.2) is 0 Å². The van der Waals surface area contributed by atoms with Gasteiger partial charge in [0.2, 0.25) is 11.9 Å². The Labute approximate surface area is 133 Å². The number of rotatable bonds is 3. The summed E-state index contributed by atoms with van der Waals surface area (Å²) in [5, 5.41) is 0.969. The Bertz CT molecular complexity index is 751. The first kappa shape index (κ1) is 14.3. The predicted octanol–water partition coefficient (Wildman–Crippen LogP) is 0.0701. The second-order valence-electron chi connectivity index (χ2n) is 6.38. The van der Waals surface area contributed by atoms with Crippen molar-refractivity contribution in [3.05, 3.63) is 12.3 Å². The number of nitrogens with one attached hydrogen (secondary N) is 1. The van der Waals surface area contributed by atoms with Crippen LogP contribution in [0.3, 0.4) is 0 Å². The molecule has 3 heterocycles. The second-order valence-corrected chi connectivity index (χ2v) is 6.38. The molecule has 122 valence electrons. The molecule has 1 amide bonds. The molecule has 23 heavy (non-hydrogen) atoms. The number of nitrogen functional groups attached to an aromatic ring is 1. The molecule has 0 unspecified atom stereocenters. The van der Waals surface area contributed by atoms with Crippen LogP contribution in [0.2, 0.25) is 0 Å². The molecule has 2 aromatic heterocycles. The standard InChI is InChI=1S/C15H21N7O/c16-5-1-11(23)22-8-7-21(9-15(22)3-4-15)13-10-2-6-18-12(10)19-14(17)20-13/h2,6H,1,3-5,7-9,16H2,(H3,17,18,19,20). The zero-order valence-electron chi connectivity index (χ0n) is 13.0. The van der Waals surface area contributed by atoms with E-state index in [1.807, 2.05) is 17.2 Å². The molecule has 1 saturated carbocycles. The van der Waals surface area contributed by atoms with Crippen molar-refractivity contribution < 1.29 is 4.79 Å². The minimum atomic E-state index is -0.0488. The Morgan fingerprint density at radius 2 is 2.17 bits per heavy atom. The van der Waals surface area contributed by atoms with Crippen molar-refractivity contribution in [1.82, 2.24) is 19.9 Å². The van der Waals surface area contributed by atoms with Crippen molar-refractivity contribution in [2.24, 2.45) is 5.73 Å². The van der Waals surface area contributed by atoms with E-state index in [-0.39, 0.29) is 17.4 Å². The highest BCUT2D eigenvalue weighted by molar-refractivity contribution is 5.89. The molecule has 2 aromatic rings. The molecule has 1 aliphatic carbocycles. The van der Waals surface area contributed by atoms with Crippen LogP contribution in [0.1, 0.15) is 19.3 Å². The van der Waals surface area contributed by atoms with Crippen molar-refractivity contribution in [3.63, 3.8) is 0 Å². The maximum absolute atomic E-state index is 12.3. The highest BCUT2D eigenvalue weighted by Crippen LogP contribution is 2.45. The van der Waals surface area contributed by atoms with E-state index in [2.05, 4.69) is 19.9 Å². The van der Waals surface area contributed by atoms with Crippen LogP contribution in [0.15, 0.2) is 12.3 Å². The number of carbonyl (C=O) groups is 1. The number of nitrogens with two attached hydrogens (primary N) is 2. The lowest BCUT2D eigenvalue weighted by Gasteiger charge is -2.43. The average molecular weight is 315 g/mol. The second kappa shape index (κ2) is 5.09. The largest absolute Gasteiger partial charge is 0.368 e. The summed E-state index contributed by atoms with van der Waals surface area (Å²) in [5.74, 6) is 1.28. The summed E-state index contributed by atoms with van der Waals surface area (Å²) in [6.07, 6.45) is 4.34. The third-order valence-electron chi connectivity index (χ3n) is 4.85. The number of aromatic amines is 1. The lowest BCUT2D eigenvalue weighted by Crippen LogP contribution is -2.57. The lowest BCUT2D eigenvalue weighted by molar-refractivity contribution is -0.134. The molecule has 2 aliphatic rings. The number of anilines is 2. The topological polar surface area (TPSA) is 117 Å². The molecule has 8 nitrogen and oxygen atoms in total. The van der Waals surface area contributed by atoms with Gasteiger partial charge >= 0.3 is 0 Å². The van der Waals surface area contributed by atoms with Gasteiger partial charge in [0.15, 0.2) is 0 Å². The SMILES string of the molecule is NCCC(=O)N1CCN(c2nc(N)nc3[nH]ccc23)CC12CC2. The van der Waals surface area contributed by atoms with E-state index in [9.17, 15) is 4.79 Å². The third-order valence-corrected chi connectivity index (χ3v) is 4.85. The van der Waals surface area contributed by atoms with Crippen molar-refractivity contribution in [2.75, 3.05) is 36.8 Å². The van der Waals surface area contributed by atoms with Crippen LogP contribution in [-0.4, -0.2) is 57.5 Å². The summed E-state index contributed by atoms with van der Waals surface area (Å²) >= 11 is 0. The number of amides is 1. The van der Waals surface area contributed by atoms with Crippen molar-refractivity contribution in [2.45, 2.75) is 24.8 Å². The minimum Gasteiger partial charge on any atom is -0.368 e. The monoisotopic (exact) mass is 315 g/mol. The number of aromatic nitrogens is 3. The fourth-order valence-corrected chi connectivity index (χ4v) is 3.56. The van der Waals surface area contributed by atoms with E-state index in [4.69, 9.17) is 11.5 Å². The molecule has 1 aliphatic heterocycles. The highest BCUT2D eigenvalue weighted by atomic mass is 16.2. The smallest absolute Gasteiger partial charge is 0.224 e. The molecule has 0 radical (unpaired) electrons. The summed E-state index contributed by atoms with van der Waals surface area (Å²) in [6.45, 7) is 2.64. The van der Waals surface area contributed by atoms with Gasteiger partial charge in [-0.3, -0.25) is 4.79 Å². The average Bonchev–Trinajstić information content (AvgIpc) is 3.11. The molecule has 4 rings (SSSR count). The number of carbonyl (C=O) groups excluding carboxylic acids is 1. The van der Waals surface area contributed by atoms with Gasteiger partial charge in [0.25, 0.3) is 0 Å². The summed E-state index contributed by atoms with van der Waals surface area (Å²) in [4.78, 5) is 28.3. The molecule has 2 fully saturated rings. The van der Waals surface area contributed by atoms with E-state index in [1.165, 1.54) is 0 Å². The predicted molar refractivity (Wildman–Crippen MR) is 87.9 cm³/mol. The molecule has 5 N–H and O–H groups in total. The van der Waals surface area contributed by atoms with Crippen LogP contribution in [0.4, 0.5) is 11.8 Å². The third kappa shape index (κ3) is 2.29. The van der Waals surface area contributed by atoms with Gasteiger partial charge in [0, 0.05) is 38.8 Å². The van der Waals surface area contributed by atoms with Crippen molar-refractivity contribution in [3.8, 4) is 0 Å². The zero-order valence-corrected chi connectivity index (χ0v) is 13.0. The maximum atomic E-state index is 12.3. The molecular formula is C15H21N7O. The van der Waals surface area contributed by atoms with Crippen molar-refractivity contribution >= 4 is 28.7 Å². The molecular weight excluding hydrogens is 294 g/mol. The van der Waals surface area contributed by atoms with E-state index in [1.54, 1.807) is 0 Å². The quantitative estimate of drug-likeness (QED) is 0.738. The van der Waals surface area contributed by atoms with Gasteiger partial charge in [-0.1, -0.05) is 0 Å². The normalized spacial score (nSPS) is 19.5. The van der Waals surface area contributed by atoms with E-state index >= 15 is 0 Å². The van der Waals surface area contributed by atoms with Crippen LogP contribution in [0, 0.1) is 0 Å². The molecule has 0 atom stereocenters. The Balaban J connectivity index is 1.63. The fraction of sp³-hybridized carbons (Fsp3) is 0.533. The van der Waals surface area contributed by atoms with Gasteiger partial charge in [0.05, 0.1) is 10.9 Å². The number of hydrogen-bond donors (Lipinski definition) is 3. The summed E-state index contributed by atoms with van der Waals surface area (Å²) in [7, 11) is 0. The summed E-state index contributed by atoms with van der Waals surface area (Å²) in [5.41, 5.74) is 12.1. The van der Waals surface area contributed by atoms with Crippen LogP contribution in [0.25, 0.3) is 11.0 Å². The van der Waals surface area contributed by atoms with E-state index in [0.717, 1.165) is 42.8 Å². The summed E-state index contributed by atoms with van der Waals surface area (Å²) in [6, 6.07) is 1.97. The van der Waals surface area contributed by atoms with Crippen LogP contribution >= 0.6 is 0 Å². The molecule has 8 heteroatoms. The Hall–Kier alpha value is -2.35. The maximum Gasteiger partial charge on any atom is 0.224 e. The first-order valence-corrected chi connectivity index (χ1v) is 7.99. The molecule has 0 bridgehead atoms. The minimum absolute atomic E-state index is 0.0488. The Morgan fingerprint density at radius 3 is 2.91 bits per heavy atom. The van der Waals surface area contributed by atoms with Gasteiger partial charge < -0.3 is 26.3 Å². The fourth-order valence-electron chi connectivity index (χ4n) is 3.56. The number of nitrogens with zero attached hydrogens (tertiary/aromatic N) is 4. The van der Waals surface area contributed by atoms with Gasteiger partial charge in [-0.2, -0.15) is 9.97 Å². The van der Waals surface area contributed by atoms with E-state index in [0.29, 0.717) is 19.5 Å². The van der Waals surface area contributed by atoms with Crippen LogP contribution in [-0.2, 0) is 4.79 Å². The van der Waals surface area contributed by atoms with Crippen molar-refractivity contribution in [1.29, 1.82) is 0 Å². The van der Waals surface area contributed by atoms with Crippen LogP contribution in [0.5, 0.6) is 0 Å². The van der Waals surface area contributed by atoms with Gasteiger partial charge in [-0.15, -0.1) is 0 Å². The zero-order chi connectivity index (χ0) is 16.0. The Morgan fingerprint density at radius 1 is 1.35 bits per heavy atom. The molecule has 0 aromatic carbocycles. The van der Waals surface area contributed by atoms with Gasteiger partial charge in [0.1, 0.15) is 11.5 Å². The first-order chi connectivity index (χ1) is 11.1. The number of H-pyrrole nitrogens is 1. The molecule has 1 saturated heterocycles. The molecule has 1 spiro atoms.